The van der Waals surface area contributed by atoms with E-state index in [9.17, 15) is 8.42 Å². The van der Waals surface area contributed by atoms with Crippen molar-refractivity contribution in [1.29, 1.82) is 0 Å². The molecule has 1 heterocycles. The van der Waals surface area contributed by atoms with Crippen LogP contribution < -0.4 is 9.04 Å². The lowest BCUT2D eigenvalue weighted by Gasteiger charge is -2.25. The number of epoxide rings is 1. The average Bonchev–Trinajstić information content (AvgIpc) is 3.53. The van der Waals surface area contributed by atoms with Gasteiger partial charge >= 0.3 is 0 Å². The molecule has 3 aromatic carbocycles. The van der Waals surface area contributed by atoms with Crippen LogP contribution in [0, 0.1) is 6.92 Å². The van der Waals surface area contributed by atoms with Crippen LogP contribution in [0.15, 0.2) is 83.8 Å². The number of anilines is 2. The maximum absolute atomic E-state index is 13.4. The van der Waals surface area contributed by atoms with E-state index in [1.54, 1.807) is 48.5 Å². The minimum Gasteiger partial charge on any atom is -0.491 e. The second-order valence-electron chi connectivity index (χ2n) is 6.63. The predicted molar refractivity (Wildman–Crippen MR) is 109 cm³/mol. The third kappa shape index (κ3) is 3.88. The Morgan fingerprint density at radius 2 is 1.61 bits per heavy atom. The normalized spacial score (nSPS) is 15.8. The van der Waals surface area contributed by atoms with Crippen molar-refractivity contribution < 1.29 is 17.9 Å². The Morgan fingerprint density at radius 3 is 2.21 bits per heavy atom. The van der Waals surface area contributed by atoms with Gasteiger partial charge in [0, 0.05) is 0 Å². The molecule has 144 valence electrons. The van der Waals surface area contributed by atoms with E-state index in [0.717, 1.165) is 17.9 Å². The van der Waals surface area contributed by atoms with E-state index in [1.165, 1.54) is 4.31 Å². The van der Waals surface area contributed by atoms with Crippen LogP contribution in [0.4, 0.5) is 11.4 Å². The van der Waals surface area contributed by atoms with E-state index >= 15 is 0 Å². The third-order valence-corrected chi connectivity index (χ3v) is 6.26. The van der Waals surface area contributed by atoms with Crippen molar-refractivity contribution in [1.82, 2.24) is 0 Å². The molecule has 0 aromatic heterocycles. The lowest BCUT2D eigenvalue weighted by atomic mass is 10.2. The highest BCUT2D eigenvalue weighted by Crippen LogP contribution is 2.35. The van der Waals surface area contributed by atoms with Gasteiger partial charge in [0.05, 0.1) is 22.9 Å². The number of sulfonamides is 1. The molecule has 0 N–H and O–H groups in total. The molecule has 6 heteroatoms. The van der Waals surface area contributed by atoms with Gasteiger partial charge in [-0.15, -0.1) is 0 Å². The Hall–Kier alpha value is -2.83. The molecule has 1 fully saturated rings. The van der Waals surface area contributed by atoms with Crippen LogP contribution in [0.5, 0.6) is 5.75 Å². The van der Waals surface area contributed by atoms with Gasteiger partial charge < -0.3 is 9.47 Å². The monoisotopic (exact) mass is 395 g/mol. The maximum atomic E-state index is 13.4. The summed E-state index contributed by atoms with van der Waals surface area (Å²) >= 11 is 0. The van der Waals surface area contributed by atoms with Crippen molar-refractivity contribution in [3.8, 4) is 5.75 Å². The summed E-state index contributed by atoms with van der Waals surface area (Å²) in [5.74, 6) is 0.726. The Morgan fingerprint density at radius 1 is 0.964 bits per heavy atom. The Labute approximate surface area is 165 Å². The summed E-state index contributed by atoms with van der Waals surface area (Å²) in [4.78, 5) is 0.239. The van der Waals surface area contributed by atoms with E-state index in [4.69, 9.17) is 9.47 Å². The smallest absolute Gasteiger partial charge is 0.268 e. The minimum absolute atomic E-state index is 0.165. The van der Waals surface area contributed by atoms with E-state index in [0.29, 0.717) is 18.0 Å². The van der Waals surface area contributed by atoms with E-state index in [-0.39, 0.29) is 11.0 Å². The molecule has 1 aliphatic heterocycles. The van der Waals surface area contributed by atoms with Crippen LogP contribution in [0.2, 0.25) is 0 Å². The maximum Gasteiger partial charge on any atom is 0.268 e. The van der Waals surface area contributed by atoms with Gasteiger partial charge in [0.15, 0.2) is 0 Å². The van der Waals surface area contributed by atoms with Crippen molar-refractivity contribution in [2.45, 2.75) is 17.9 Å². The topological polar surface area (TPSA) is 59.1 Å². The number of hydrogen-bond acceptors (Lipinski definition) is 4. The van der Waals surface area contributed by atoms with Crippen LogP contribution in [0.1, 0.15) is 5.56 Å². The van der Waals surface area contributed by atoms with E-state index in [2.05, 4.69) is 0 Å². The highest BCUT2D eigenvalue weighted by molar-refractivity contribution is 7.93. The number of aryl methyl sites for hydroxylation is 1. The zero-order chi connectivity index (χ0) is 19.6. The number of ether oxygens (including phenoxy) is 2. The molecular weight excluding hydrogens is 374 g/mol. The summed E-state index contributed by atoms with van der Waals surface area (Å²) < 4.78 is 39.2. The van der Waals surface area contributed by atoms with Gasteiger partial charge in [-0.25, -0.2) is 12.7 Å². The molecule has 1 aliphatic rings. The van der Waals surface area contributed by atoms with Gasteiger partial charge in [-0.1, -0.05) is 36.4 Å². The van der Waals surface area contributed by atoms with Crippen molar-refractivity contribution >= 4 is 21.4 Å². The van der Waals surface area contributed by atoms with Crippen LogP contribution in [0.25, 0.3) is 0 Å². The molecule has 28 heavy (non-hydrogen) atoms. The summed E-state index contributed by atoms with van der Waals surface area (Å²) in [6, 6.07) is 22.9. The SMILES string of the molecule is Cc1cc(N(c2ccccc2)S(=O)(=O)c2ccccc2)ccc1OCC1CO1. The van der Waals surface area contributed by atoms with Crippen molar-refractivity contribution in [3.63, 3.8) is 0 Å². The predicted octanol–water partition coefficient (Wildman–Crippen LogP) is 4.30. The standard InChI is InChI=1S/C22H21NO4S/c1-17-14-19(12-13-22(17)27-16-20-15-26-20)23(18-8-4-2-5-9-18)28(24,25)21-10-6-3-7-11-21/h2-14,20H,15-16H2,1H3. The van der Waals surface area contributed by atoms with Gasteiger partial charge in [0.1, 0.15) is 18.5 Å². The quantitative estimate of drug-likeness (QED) is 0.560. The largest absolute Gasteiger partial charge is 0.491 e. The Kier molecular flexibility index (Phi) is 5.07. The molecule has 1 saturated heterocycles. The highest BCUT2D eigenvalue weighted by Gasteiger charge is 2.27. The zero-order valence-corrected chi connectivity index (χ0v) is 16.3. The summed E-state index contributed by atoms with van der Waals surface area (Å²) in [6.07, 6.45) is 0.165. The molecule has 5 nitrogen and oxygen atoms in total. The van der Waals surface area contributed by atoms with Gasteiger partial charge in [0.25, 0.3) is 10.0 Å². The first-order chi connectivity index (χ1) is 13.6. The number of hydrogen-bond donors (Lipinski definition) is 0. The molecule has 1 atom stereocenters. The first-order valence-corrected chi connectivity index (χ1v) is 10.5. The second-order valence-corrected chi connectivity index (χ2v) is 8.42. The number of benzene rings is 3. The lowest BCUT2D eigenvalue weighted by molar-refractivity contribution is 0.262. The second kappa shape index (κ2) is 7.66. The third-order valence-electron chi connectivity index (χ3n) is 4.49. The van der Waals surface area contributed by atoms with Gasteiger partial charge in [-0.3, -0.25) is 0 Å². The summed E-state index contributed by atoms with van der Waals surface area (Å²) in [6.45, 7) is 3.14. The highest BCUT2D eigenvalue weighted by atomic mass is 32.2. The average molecular weight is 395 g/mol. The molecule has 0 saturated carbocycles. The van der Waals surface area contributed by atoms with Crippen molar-refractivity contribution in [2.24, 2.45) is 0 Å². The Bertz CT molecular complexity index is 1050. The van der Waals surface area contributed by atoms with Crippen LogP contribution in [-0.4, -0.2) is 27.7 Å². The fourth-order valence-corrected chi connectivity index (χ4v) is 4.46. The minimum atomic E-state index is -3.78. The van der Waals surface area contributed by atoms with Gasteiger partial charge in [-0.2, -0.15) is 0 Å². The van der Waals surface area contributed by atoms with Gasteiger partial charge in [-0.05, 0) is 55.0 Å². The zero-order valence-electron chi connectivity index (χ0n) is 15.5. The molecule has 0 amide bonds. The van der Waals surface area contributed by atoms with Crippen LogP contribution >= 0.6 is 0 Å². The first-order valence-electron chi connectivity index (χ1n) is 9.06. The molecule has 0 aliphatic carbocycles. The molecular formula is C22H21NO4S. The molecule has 0 radical (unpaired) electrons. The first kappa shape index (κ1) is 18.5. The Balaban J connectivity index is 1.75. The van der Waals surface area contributed by atoms with E-state index < -0.39 is 10.0 Å². The molecule has 3 aromatic rings. The molecule has 1 unspecified atom stereocenters. The summed E-state index contributed by atoms with van der Waals surface area (Å²) in [7, 11) is -3.78. The van der Waals surface area contributed by atoms with Crippen LogP contribution in [0.3, 0.4) is 0 Å². The number of rotatable bonds is 7. The van der Waals surface area contributed by atoms with Gasteiger partial charge in [0.2, 0.25) is 0 Å². The number of nitrogens with zero attached hydrogens (tertiary/aromatic N) is 1. The van der Waals surface area contributed by atoms with E-state index in [1.807, 2.05) is 37.3 Å². The van der Waals surface area contributed by atoms with Crippen molar-refractivity contribution in [2.75, 3.05) is 17.5 Å². The summed E-state index contributed by atoms with van der Waals surface area (Å²) in [5, 5.41) is 0. The lowest BCUT2D eigenvalue weighted by Crippen LogP contribution is -2.26. The van der Waals surface area contributed by atoms with Crippen LogP contribution in [-0.2, 0) is 14.8 Å². The number of para-hydroxylation sites is 1. The van der Waals surface area contributed by atoms with Crippen molar-refractivity contribution in [3.05, 3.63) is 84.4 Å². The fourth-order valence-electron chi connectivity index (χ4n) is 2.96. The molecule has 0 bridgehead atoms. The molecule has 4 rings (SSSR count). The molecule has 0 spiro atoms. The fraction of sp³-hybridized carbons (Fsp3) is 0.182. The summed E-state index contributed by atoms with van der Waals surface area (Å²) in [5.41, 5.74) is 2.00.